The number of hydrogen-bond donors (Lipinski definition) is 1. The first-order valence-electron chi connectivity index (χ1n) is 12.3. The van der Waals surface area contributed by atoms with Crippen molar-refractivity contribution in [3.05, 3.63) is 129 Å². The van der Waals surface area contributed by atoms with E-state index in [1.165, 1.54) is 30.3 Å². The number of ether oxygens (including phenoxy) is 2. The molecule has 1 aliphatic rings. The Bertz CT molecular complexity index is 1640. The molecule has 0 radical (unpaired) electrons. The van der Waals surface area contributed by atoms with Gasteiger partial charge in [-0.1, -0.05) is 65.7 Å². The zero-order chi connectivity index (χ0) is 28.9. The van der Waals surface area contributed by atoms with Crippen molar-refractivity contribution in [1.82, 2.24) is 5.32 Å². The first-order chi connectivity index (χ1) is 19.8. The van der Waals surface area contributed by atoms with Crippen molar-refractivity contribution in [1.29, 1.82) is 0 Å². The Labute approximate surface area is 244 Å². The van der Waals surface area contributed by atoms with Gasteiger partial charge >= 0.3 is 6.03 Å². The van der Waals surface area contributed by atoms with E-state index in [1.54, 1.807) is 36.4 Å². The van der Waals surface area contributed by atoms with Crippen LogP contribution in [0.5, 0.6) is 11.5 Å². The number of nitrogens with zero attached hydrogens (tertiary/aromatic N) is 1. The van der Waals surface area contributed by atoms with Gasteiger partial charge in [0, 0.05) is 0 Å². The largest absolute Gasteiger partial charge is 0.489 e. The number of urea groups is 1. The summed E-state index contributed by atoms with van der Waals surface area (Å²) in [5, 5.41) is 2.41. The van der Waals surface area contributed by atoms with Crippen LogP contribution in [0.2, 0.25) is 10.0 Å². The molecule has 1 aliphatic heterocycles. The molecule has 206 valence electrons. The third kappa shape index (κ3) is 6.57. The summed E-state index contributed by atoms with van der Waals surface area (Å²) in [6, 6.07) is 23.9. The molecule has 4 aromatic carbocycles. The summed E-state index contributed by atoms with van der Waals surface area (Å²) in [6.45, 7) is 0.371. The Morgan fingerprint density at radius 2 is 1.44 bits per heavy atom. The molecule has 5 rings (SSSR count). The third-order valence-electron chi connectivity index (χ3n) is 6.05. The molecule has 0 spiro atoms. The number of benzene rings is 4. The number of amides is 4. The average molecular weight is 591 g/mol. The van der Waals surface area contributed by atoms with Gasteiger partial charge < -0.3 is 9.47 Å². The highest BCUT2D eigenvalue weighted by molar-refractivity contribution is 6.40. The van der Waals surface area contributed by atoms with Crippen molar-refractivity contribution in [3.8, 4) is 11.5 Å². The summed E-state index contributed by atoms with van der Waals surface area (Å²) in [7, 11) is 0. The Hall–Kier alpha value is -4.66. The molecule has 41 heavy (non-hydrogen) atoms. The smallest absolute Gasteiger partial charge is 0.335 e. The van der Waals surface area contributed by atoms with E-state index in [4.69, 9.17) is 32.7 Å². The lowest BCUT2D eigenvalue weighted by atomic mass is 10.1. The van der Waals surface area contributed by atoms with Crippen molar-refractivity contribution in [2.75, 3.05) is 4.90 Å². The van der Waals surface area contributed by atoms with E-state index in [9.17, 15) is 18.8 Å². The van der Waals surface area contributed by atoms with Crippen LogP contribution < -0.4 is 19.7 Å². The van der Waals surface area contributed by atoms with Gasteiger partial charge in [0.2, 0.25) is 0 Å². The molecule has 0 unspecified atom stereocenters. The van der Waals surface area contributed by atoms with Crippen LogP contribution in [0.4, 0.5) is 14.9 Å². The van der Waals surface area contributed by atoms with Crippen molar-refractivity contribution in [2.45, 2.75) is 13.2 Å². The SMILES string of the molecule is O=C1NC(=O)N(c2ccc(OCc3ccccc3)cc2)C(=O)/C1=C/c1cc(Cl)c(OCc2cccc(F)c2)c(Cl)c1. The fraction of sp³-hybridized carbons (Fsp3) is 0.0645. The van der Waals surface area contributed by atoms with Crippen LogP contribution in [0.3, 0.4) is 0 Å². The zero-order valence-corrected chi connectivity index (χ0v) is 22.8. The topological polar surface area (TPSA) is 84.9 Å². The molecule has 0 atom stereocenters. The minimum Gasteiger partial charge on any atom is -0.489 e. The Kier molecular flexibility index (Phi) is 8.33. The van der Waals surface area contributed by atoms with E-state index in [0.29, 0.717) is 23.5 Å². The van der Waals surface area contributed by atoms with Gasteiger partial charge in [-0.25, -0.2) is 14.1 Å². The Balaban J connectivity index is 1.32. The molecule has 4 amide bonds. The number of anilines is 1. The number of barbiturate groups is 1. The monoisotopic (exact) mass is 590 g/mol. The predicted octanol–water partition coefficient (Wildman–Crippen LogP) is 6.96. The highest BCUT2D eigenvalue weighted by Crippen LogP contribution is 2.36. The van der Waals surface area contributed by atoms with Gasteiger partial charge in [0.25, 0.3) is 11.8 Å². The Morgan fingerprint density at radius 3 is 2.12 bits per heavy atom. The van der Waals surface area contributed by atoms with Crippen molar-refractivity contribution < 1.29 is 28.2 Å². The molecule has 0 bridgehead atoms. The van der Waals surface area contributed by atoms with E-state index in [-0.39, 0.29) is 33.7 Å². The maximum Gasteiger partial charge on any atom is 0.335 e. The molecule has 0 aromatic heterocycles. The molecule has 7 nitrogen and oxygen atoms in total. The van der Waals surface area contributed by atoms with Crippen LogP contribution in [0.15, 0.2) is 96.6 Å². The lowest BCUT2D eigenvalue weighted by molar-refractivity contribution is -0.122. The minimum atomic E-state index is -0.882. The van der Waals surface area contributed by atoms with Gasteiger partial charge in [-0.3, -0.25) is 14.9 Å². The number of carbonyl (C=O) groups excluding carboxylic acids is 3. The molecular weight excluding hydrogens is 570 g/mol. The van der Waals surface area contributed by atoms with Crippen LogP contribution in [-0.4, -0.2) is 17.8 Å². The molecule has 1 N–H and O–H groups in total. The van der Waals surface area contributed by atoms with E-state index in [1.807, 2.05) is 30.3 Å². The molecule has 1 fully saturated rings. The summed E-state index contributed by atoms with van der Waals surface area (Å²) < 4.78 is 24.9. The van der Waals surface area contributed by atoms with Crippen molar-refractivity contribution >= 4 is 52.8 Å². The summed E-state index contributed by atoms with van der Waals surface area (Å²) in [5.41, 5.74) is 1.84. The van der Waals surface area contributed by atoms with E-state index in [2.05, 4.69) is 5.32 Å². The number of rotatable bonds is 8. The Morgan fingerprint density at radius 1 is 0.780 bits per heavy atom. The number of imide groups is 2. The number of carbonyl (C=O) groups is 3. The van der Waals surface area contributed by atoms with Crippen LogP contribution >= 0.6 is 23.2 Å². The molecule has 0 saturated carbocycles. The van der Waals surface area contributed by atoms with Gasteiger partial charge in [-0.05, 0) is 71.3 Å². The second kappa shape index (κ2) is 12.2. The van der Waals surface area contributed by atoms with Gasteiger partial charge in [0.1, 0.15) is 30.4 Å². The van der Waals surface area contributed by atoms with Gasteiger partial charge in [-0.2, -0.15) is 0 Å². The standard InChI is InChI=1S/C31H21Cl2FN2O5/c32-26-15-21(16-27(33)28(26)41-18-20-7-4-8-22(34)13-20)14-25-29(37)35-31(39)36(30(25)38)23-9-11-24(12-10-23)40-17-19-5-2-1-3-6-19/h1-16H,17-18H2,(H,35,37,39)/b25-14+. The second-order valence-electron chi connectivity index (χ2n) is 8.96. The highest BCUT2D eigenvalue weighted by Gasteiger charge is 2.37. The van der Waals surface area contributed by atoms with Crippen LogP contribution in [-0.2, 0) is 22.8 Å². The van der Waals surface area contributed by atoms with E-state index >= 15 is 0 Å². The molecule has 1 saturated heterocycles. The van der Waals surface area contributed by atoms with Gasteiger partial charge in [-0.15, -0.1) is 0 Å². The fourth-order valence-corrected chi connectivity index (χ4v) is 4.69. The van der Waals surface area contributed by atoms with Gasteiger partial charge in [0.05, 0.1) is 15.7 Å². The number of halogens is 3. The first-order valence-corrected chi connectivity index (χ1v) is 13.1. The lowest BCUT2D eigenvalue weighted by Gasteiger charge is -2.26. The molecule has 0 aliphatic carbocycles. The summed E-state index contributed by atoms with van der Waals surface area (Å²) >= 11 is 12.8. The summed E-state index contributed by atoms with van der Waals surface area (Å²) in [4.78, 5) is 39.4. The summed E-state index contributed by atoms with van der Waals surface area (Å²) in [5.74, 6) is -1.39. The van der Waals surface area contributed by atoms with Gasteiger partial charge in [0.15, 0.2) is 5.75 Å². The highest BCUT2D eigenvalue weighted by atomic mass is 35.5. The maximum atomic E-state index is 13.5. The maximum absolute atomic E-state index is 13.5. The lowest BCUT2D eigenvalue weighted by Crippen LogP contribution is -2.54. The summed E-state index contributed by atoms with van der Waals surface area (Å²) in [6.07, 6.45) is 1.28. The third-order valence-corrected chi connectivity index (χ3v) is 6.61. The predicted molar refractivity (Wildman–Crippen MR) is 153 cm³/mol. The fourth-order valence-electron chi connectivity index (χ4n) is 4.07. The van der Waals surface area contributed by atoms with E-state index < -0.39 is 23.7 Å². The molecule has 4 aromatic rings. The molecule has 10 heteroatoms. The molecular formula is C31H21Cl2FN2O5. The minimum absolute atomic E-state index is 0.0195. The van der Waals surface area contributed by atoms with E-state index in [0.717, 1.165) is 10.5 Å². The van der Waals surface area contributed by atoms with Crippen molar-refractivity contribution in [3.63, 3.8) is 0 Å². The van der Waals surface area contributed by atoms with Crippen LogP contribution in [0.1, 0.15) is 16.7 Å². The zero-order valence-electron chi connectivity index (χ0n) is 21.3. The first kappa shape index (κ1) is 27.9. The van der Waals surface area contributed by atoms with Crippen molar-refractivity contribution in [2.24, 2.45) is 0 Å². The number of hydrogen-bond acceptors (Lipinski definition) is 5. The molecule has 1 heterocycles. The average Bonchev–Trinajstić information content (AvgIpc) is 2.95. The van der Waals surface area contributed by atoms with Crippen LogP contribution in [0.25, 0.3) is 6.08 Å². The quantitative estimate of drug-likeness (QED) is 0.177. The number of nitrogens with one attached hydrogen (secondary N) is 1. The normalized spacial score (nSPS) is 14.3. The van der Waals surface area contributed by atoms with Crippen LogP contribution in [0, 0.1) is 5.82 Å². The second-order valence-corrected chi connectivity index (χ2v) is 9.77.